The summed E-state index contributed by atoms with van der Waals surface area (Å²) in [6.45, 7) is 4.84. The number of halogens is 5. The van der Waals surface area contributed by atoms with Gasteiger partial charge in [-0.05, 0) is 51.0 Å². The largest absolute Gasteiger partial charge is 0.357 e. The first-order valence-electron chi connectivity index (χ1n) is 11.6. The maximum absolute atomic E-state index is 15.6. The van der Waals surface area contributed by atoms with Gasteiger partial charge in [0.1, 0.15) is 17.3 Å². The summed E-state index contributed by atoms with van der Waals surface area (Å²) in [5.41, 5.74) is -0.343. The molecule has 0 amide bonds. The average Bonchev–Trinajstić information content (AvgIpc) is 3.05. The van der Waals surface area contributed by atoms with Crippen LogP contribution in [0, 0.1) is 17.6 Å². The van der Waals surface area contributed by atoms with Gasteiger partial charge in [-0.15, -0.1) is 0 Å². The van der Waals surface area contributed by atoms with E-state index in [0.29, 0.717) is 12.1 Å². The third-order valence-corrected chi connectivity index (χ3v) is 7.11. The smallest absolute Gasteiger partial charge is 0.278 e. The normalized spacial score (nSPS) is 22.1. The Labute approximate surface area is 195 Å². The molecule has 1 fully saturated rings. The first-order valence-corrected chi connectivity index (χ1v) is 11.6. The Balaban J connectivity index is 1.68. The molecule has 0 saturated carbocycles. The van der Waals surface area contributed by atoms with E-state index in [9.17, 15) is 13.2 Å². The molecule has 2 atom stereocenters. The number of rotatable bonds is 5. The molecule has 8 heteroatoms. The van der Waals surface area contributed by atoms with Crippen molar-refractivity contribution < 1.29 is 22.0 Å². The molecular weight excluding hydrogens is 449 g/mol. The molecule has 0 spiro atoms. The van der Waals surface area contributed by atoms with E-state index in [1.807, 2.05) is 31.2 Å². The molecule has 2 aliphatic rings. The topological polar surface area (TPSA) is 31.1 Å². The number of hydrogen-bond donors (Lipinski definition) is 2. The zero-order valence-electron chi connectivity index (χ0n) is 19.4. The lowest BCUT2D eigenvalue weighted by Gasteiger charge is -2.43. The number of aromatic nitrogens is 1. The van der Waals surface area contributed by atoms with Crippen molar-refractivity contribution in [1.29, 1.82) is 0 Å². The zero-order chi connectivity index (χ0) is 24.4. The van der Waals surface area contributed by atoms with Crippen molar-refractivity contribution in [2.75, 3.05) is 19.6 Å². The van der Waals surface area contributed by atoms with Crippen molar-refractivity contribution >= 4 is 10.9 Å². The molecule has 182 valence electrons. The fraction of sp³-hybridized carbons (Fsp3) is 0.462. The van der Waals surface area contributed by atoms with Crippen LogP contribution in [-0.4, -0.2) is 41.2 Å². The first kappa shape index (κ1) is 23.3. The highest BCUT2D eigenvalue weighted by Crippen LogP contribution is 2.45. The molecule has 2 aliphatic heterocycles. The summed E-state index contributed by atoms with van der Waals surface area (Å²) in [4.78, 5) is 5.01. The summed E-state index contributed by atoms with van der Waals surface area (Å²) in [5, 5.41) is 3.71. The Hall–Kier alpha value is -2.45. The lowest BCUT2D eigenvalue weighted by atomic mass is 9.85. The molecule has 0 aliphatic carbocycles. The second kappa shape index (κ2) is 8.05. The Morgan fingerprint density at radius 3 is 2.26 bits per heavy atom. The third-order valence-electron chi connectivity index (χ3n) is 7.11. The third kappa shape index (κ3) is 3.81. The molecule has 1 unspecified atom stereocenters. The Morgan fingerprint density at radius 1 is 1.03 bits per heavy atom. The minimum absolute atomic E-state index is 0.0713. The molecule has 0 bridgehead atoms. The van der Waals surface area contributed by atoms with Gasteiger partial charge < -0.3 is 10.3 Å². The van der Waals surface area contributed by atoms with E-state index in [0.717, 1.165) is 28.6 Å². The summed E-state index contributed by atoms with van der Waals surface area (Å²) in [5.74, 6) is -6.45. The van der Waals surface area contributed by atoms with Crippen LogP contribution < -0.4 is 5.32 Å². The molecule has 1 aromatic heterocycles. The molecule has 5 rings (SSSR count). The summed E-state index contributed by atoms with van der Waals surface area (Å²) in [6.07, 6.45) is 0.569. The first-order chi connectivity index (χ1) is 16.0. The Morgan fingerprint density at radius 2 is 1.68 bits per heavy atom. The van der Waals surface area contributed by atoms with Crippen molar-refractivity contribution in [1.82, 2.24) is 15.2 Å². The van der Waals surface area contributed by atoms with Crippen LogP contribution in [0.15, 0.2) is 36.4 Å². The zero-order valence-corrected chi connectivity index (χ0v) is 19.4. The average molecular weight is 478 g/mol. The van der Waals surface area contributed by atoms with Crippen LogP contribution in [0.5, 0.6) is 0 Å². The van der Waals surface area contributed by atoms with Crippen molar-refractivity contribution in [2.45, 2.75) is 50.9 Å². The summed E-state index contributed by atoms with van der Waals surface area (Å²) < 4.78 is 75.6. The van der Waals surface area contributed by atoms with E-state index >= 15 is 8.78 Å². The lowest BCUT2D eigenvalue weighted by molar-refractivity contribution is -0.0839. The van der Waals surface area contributed by atoms with Crippen LogP contribution in [0.3, 0.4) is 0 Å². The van der Waals surface area contributed by atoms with Gasteiger partial charge in [0, 0.05) is 53.4 Å². The van der Waals surface area contributed by atoms with Crippen molar-refractivity contribution in [3.63, 3.8) is 0 Å². The van der Waals surface area contributed by atoms with Gasteiger partial charge >= 0.3 is 0 Å². The van der Waals surface area contributed by atoms with E-state index in [-0.39, 0.29) is 31.2 Å². The molecule has 3 aromatic rings. The van der Waals surface area contributed by atoms with Crippen LogP contribution in [0.1, 0.15) is 49.2 Å². The second-order valence-corrected chi connectivity index (χ2v) is 10.2. The standard InChI is InChI=1S/C26H28F5N3/c1-14-8-18-17-6-4-5-7-21(17)33-23(18)24(34(14)13-25(2,3)29)22-19(27)9-15(10-20(22)28)26(30,31)16-11-32-12-16/h4-7,9-10,14,16,24,32-33H,8,11-13H2,1-3H3/t14-,24?/m1/s1. The molecule has 2 N–H and O–H groups in total. The highest BCUT2D eigenvalue weighted by Gasteiger charge is 2.46. The van der Waals surface area contributed by atoms with Crippen LogP contribution >= 0.6 is 0 Å². The van der Waals surface area contributed by atoms with Gasteiger partial charge in [-0.25, -0.2) is 22.0 Å². The van der Waals surface area contributed by atoms with Crippen LogP contribution in [0.25, 0.3) is 10.9 Å². The number of hydrogen-bond acceptors (Lipinski definition) is 2. The SMILES string of the molecule is C[C@@H]1Cc2c([nH]c3ccccc23)C(c2c(F)cc(C(F)(F)C3CNC3)cc2F)N1CC(C)(C)F. The number of benzene rings is 2. The van der Waals surface area contributed by atoms with Gasteiger partial charge in [-0.3, -0.25) is 4.90 Å². The number of para-hydroxylation sites is 1. The minimum atomic E-state index is -3.35. The Bertz CT molecular complexity index is 1200. The van der Waals surface area contributed by atoms with Crippen LogP contribution in [0.4, 0.5) is 22.0 Å². The van der Waals surface area contributed by atoms with E-state index < -0.39 is 40.7 Å². The number of H-pyrrole nitrogens is 1. The van der Waals surface area contributed by atoms with Crippen molar-refractivity contribution in [2.24, 2.45) is 5.92 Å². The maximum atomic E-state index is 15.6. The number of alkyl halides is 3. The molecule has 0 radical (unpaired) electrons. The van der Waals surface area contributed by atoms with Gasteiger partial charge in [-0.1, -0.05) is 18.2 Å². The van der Waals surface area contributed by atoms with E-state index in [1.165, 1.54) is 13.8 Å². The van der Waals surface area contributed by atoms with E-state index in [4.69, 9.17) is 0 Å². The van der Waals surface area contributed by atoms with Gasteiger partial charge in [0.05, 0.1) is 12.0 Å². The predicted octanol–water partition coefficient (Wildman–Crippen LogP) is 5.84. The number of nitrogens with zero attached hydrogens (tertiary/aromatic N) is 1. The van der Waals surface area contributed by atoms with Crippen molar-refractivity contribution in [3.05, 3.63) is 70.4 Å². The quantitative estimate of drug-likeness (QED) is 0.453. The van der Waals surface area contributed by atoms with Gasteiger partial charge in [0.25, 0.3) is 5.92 Å². The number of nitrogens with one attached hydrogen (secondary N) is 2. The molecule has 3 nitrogen and oxygen atoms in total. The fourth-order valence-electron chi connectivity index (χ4n) is 5.32. The highest BCUT2D eigenvalue weighted by atomic mass is 19.3. The minimum Gasteiger partial charge on any atom is -0.357 e. The van der Waals surface area contributed by atoms with Crippen LogP contribution in [0.2, 0.25) is 0 Å². The summed E-state index contributed by atoms with van der Waals surface area (Å²) >= 11 is 0. The molecule has 2 aromatic carbocycles. The van der Waals surface area contributed by atoms with E-state index in [1.54, 1.807) is 4.90 Å². The van der Waals surface area contributed by atoms with E-state index in [2.05, 4.69) is 10.3 Å². The van der Waals surface area contributed by atoms with Gasteiger partial charge in [0.15, 0.2) is 0 Å². The highest BCUT2D eigenvalue weighted by molar-refractivity contribution is 5.85. The second-order valence-electron chi connectivity index (χ2n) is 10.2. The summed E-state index contributed by atoms with van der Waals surface area (Å²) in [7, 11) is 0. The fourth-order valence-corrected chi connectivity index (χ4v) is 5.32. The molecule has 3 heterocycles. The van der Waals surface area contributed by atoms with Crippen LogP contribution in [-0.2, 0) is 12.3 Å². The maximum Gasteiger partial charge on any atom is 0.278 e. The molecule has 1 saturated heterocycles. The number of fused-ring (bicyclic) bond motifs is 3. The lowest BCUT2D eigenvalue weighted by Crippen LogP contribution is -2.50. The predicted molar refractivity (Wildman–Crippen MR) is 122 cm³/mol. The Kier molecular flexibility index (Phi) is 5.52. The van der Waals surface area contributed by atoms with Crippen molar-refractivity contribution in [3.8, 4) is 0 Å². The number of aromatic amines is 1. The molecular formula is C26H28F5N3. The van der Waals surface area contributed by atoms with Gasteiger partial charge in [-0.2, -0.15) is 0 Å². The monoisotopic (exact) mass is 477 g/mol. The van der Waals surface area contributed by atoms with Gasteiger partial charge in [0.2, 0.25) is 0 Å². The molecule has 34 heavy (non-hydrogen) atoms. The summed E-state index contributed by atoms with van der Waals surface area (Å²) in [6, 6.07) is 7.85.